The van der Waals surface area contributed by atoms with Crippen LogP contribution in [0, 0.1) is 11.3 Å². The van der Waals surface area contributed by atoms with Crippen LogP contribution in [0.25, 0.3) is 0 Å². The summed E-state index contributed by atoms with van der Waals surface area (Å²) in [4.78, 5) is 30.3. The molecular weight excluding hydrogens is 352 g/mol. The molecule has 2 aliphatic heterocycles. The zero-order chi connectivity index (χ0) is 20.2. The summed E-state index contributed by atoms with van der Waals surface area (Å²) in [7, 11) is 1.87. The Morgan fingerprint density at radius 1 is 1.25 bits per heavy atom. The average molecular weight is 387 g/mol. The Hall–Kier alpha value is -1.85. The van der Waals surface area contributed by atoms with Gasteiger partial charge in [-0.2, -0.15) is 5.10 Å². The average Bonchev–Trinajstić information content (AvgIpc) is 3.01. The molecule has 3 heterocycles. The van der Waals surface area contributed by atoms with Crippen LogP contribution in [0.3, 0.4) is 0 Å². The van der Waals surface area contributed by atoms with E-state index in [0.29, 0.717) is 18.2 Å². The molecule has 0 spiro atoms. The Bertz CT molecular complexity index is 785. The summed E-state index contributed by atoms with van der Waals surface area (Å²) in [6.45, 7) is 9.01. The lowest BCUT2D eigenvalue weighted by Crippen LogP contribution is -2.55. The standard InChI is InChI=1S/C22H34N4O2/c1-14(2)10-16-11-18(24(5)23-16)21(28)26-17-12-22(4)19(25(13-17)15(3)27)8-6-7-9-20(22)26/h11,14,17,19-20H,6-10,12-13H2,1-5H3/t17-,19+,20-,22+/m0/s1. The second-order valence-corrected chi connectivity index (χ2v) is 9.81. The van der Waals surface area contributed by atoms with Gasteiger partial charge in [-0.25, -0.2) is 0 Å². The molecule has 4 rings (SSSR count). The van der Waals surface area contributed by atoms with Crippen molar-refractivity contribution in [1.82, 2.24) is 19.6 Å². The summed E-state index contributed by atoms with van der Waals surface area (Å²) >= 11 is 0. The number of aromatic nitrogens is 2. The fraction of sp³-hybridized carbons (Fsp3) is 0.773. The molecule has 3 fully saturated rings. The molecule has 2 bridgehead atoms. The Morgan fingerprint density at radius 3 is 2.57 bits per heavy atom. The van der Waals surface area contributed by atoms with Crippen molar-refractivity contribution in [2.45, 2.75) is 84.3 Å². The van der Waals surface area contributed by atoms with Gasteiger partial charge in [0, 0.05) is 38.0 Å². The first-order valence-corrected chi connectivity index (χ1v) is 10.8. The minimum atomic E-state index is 0.000101. The highest BCUT2D eigenvalue weighted by molar-refractivity contribution is 5.93. The zero-order valence-corrected chi connectivity index (χ0v) is 17.9. The van der Waals surface area contributed by atoms with Crippen LogP contribution in [0.2, 0.25) is 0 Å². The van der Waals surface area contributed by atoms with E-state index in [1.54, 1.807) is 11.6 Å². The molecular formula is C22H34N4O2. The fourth-order valence-electron chi connectivity index (χ4n) is 6.20. The molecule has 6 heteroatoms. The highest BCUT2D eigenvalue weighted by atomic mass is 16.2. The number of piperidine rings is 1. The minimum Gasteiger partial charge on any atom is -0.337 e. The number of nitrogens with zero attached hydrogens (tertiary/aromatic N) is 4. The van der Waals surface area contributed by atoms with Gasteiger partial charge in [-0.1, -0.05) is 33.6 Å². The predicted molar refractivity (Wildman–Crippen MR) is 108 cm³/mol. The van der Waals surface area contributed by atoms with Crippen LogP contribution in [-0.4, -0.2) is 56.1 Å². The topological polar surface area (TPSA) is 58.4 Å². The quantitative estimate of drug-likeness (QED) is 0.802. The number of carbonyl (C=O) groups excluding carboxylic acids is 2. The van der Waals surface area contributed by atoms with Crippen LogP contribution >= 0.6 is 0 Å². The maximum atomic E-state index is 13.7. The Kier molecular flexibility index (Phi) is 4.79. The van der Waals surface area contributed by atoms with Gasteiger partial charge >= 0.3 is 0 Å². The van der Waals surface area contributed by atoms with Gasteiger partial charge in [-0.3, -0.25) is 14.3 Å². The number of carbonyl (C=O) groups is 2. The molecule has 0 radical (unpaired) electrons. The summed E-state index contributed by atoms with van der Waals surface area (Å²) in [5.41, 5.74) is 1.67. The van der Waals surface area contributed by atoms with E-state index >= 15 is 0 Å². The molecule has 0 N–H and O–H groups in total. The van der Waals surface area contributed by atoms with Crippen molar-refractivity contribution < 1.29 is 9.59 Å². The largest absolute Gasteiger partial charge is 0.337 e. The van der Waals surface area contributed by atoms with Crippen LogP contribution in [-0.2, 0) is 18.3 Å². The number of fused-ring (bicyclic) bond motifs is 1. The van der Waals surface area contributed by atoms with Crippen LogP contribution < -0.4 is 0 Å². The zero-order valence-electron chi connectivity index (χ0n) is 17.9. The number of rotatable bonds is 3. The number of likely N-dealkylation sites (tertiary alicyclic amines) is 2. The van der Waals surface area contributed by atoms with E-state index in [-0.39, 0.29) is 35.4 Å². The van der Waals surface area contributed by atoms with Crippen LogP contribution in [0.15, 0.2) is 6.07 Å². The Balaban J connectivity index is 1.69. The summed E-state index contributed by atoms with van der Waals surface area (Å²) in [5.74, 6) is 0.750. The van der Waals surface area contributed by atoms with Gasteiger partial charge in [0.05, 0.1) is 11.7 Å². The monoisotopic (exact) mass is 386 g/mol. The van der Waals surface area contributed by atoms with E-state index in [0.717, 1.165) is 44.2 Å². The molecule has 3 aliphatic rings. The third-order valence-electron chi connectivity index (χ3n) is 7.32. The number of hydrogen-bond acceptors (Lipinski definition) is 3. The first-order chi connectivity index (χ1) is 13.2. The molecule has 2 amide bonds. The summed E-state index contributed by atoms with van der Waals surface area (Å²) in [5, 5.41) is 4.59. The van der Waals surface area contributed by atoms with E-state index in [9.17, 15) is 9.59 Å². The highest BCUT2D eigenvalue weighted by Gasteiger charge is 2.60. The maximum Gasteiger partial charge on any atom is 0.272 e. The van der Waals surface area contributed by atoms with E-state index in [1.165, 1.54) is 0 Å². The number of amides is 2. The molecule has 2 saturated heterocycles. The lowest BCUT2D eigenvalue weighted by atomic mass is 9.71. The van der Waals surface area contributed by atoms with Crippen molar-refractivity contribution in [2.24, 2.45) is 18.4 Å². The highest BCUT2D eigenvalue weighted by Crippen LogP contribution is 2.53. The first-order valence-electron chi connectivity index (χ1n) is 10.8. The summed E-state index contributed by atoms with van der Waals surface area (Å²) in [6.07, 6.45) is 6.25. The molecule has 0 unspecified atom stereocenters. The minimum absolute atomic E-state index is 0.000101. The summed E-state index contributed by atoms with van der Waals surface area (Å²) in [6, 6.07) is 2.56. The third-order valence-corrected chi connectivity index (χ3v) is 7.32. The van der Waals surface area contributed by atoms with Crippen molar-refractivity contribution in [3.63, 3.8) is 0 Å². The molecule has 6 nitrogen and oxygen atoms in total. The van der Waals surface area contributed by atoms with E-state index in [1.807, 2.05) is 13.1 Å². The summed E-state index contributed by atoms with van der Waals surface area (Å²) < 4.78 is 1.75. The van der Waals surface area contributed by atoms with Crippen LogP contribution in [0.5, 0.6) is 0 Å². The predicted octanol–water partition coefficient (Wildman–Crippen LogP) is 3.01. The van der Waals surface area contributed by atoms with Crippen molar-refractivity contribution in [1.29, 1.82) is 0 Å². The van der Waals surface area contributed by atoms with Crippen LogP contribution in [0.4, 0.5) is 0 Å². The number of aryl methyl sites for hydroxylation is 1. The number of hydrogen-bond donors (Lipinski definition) is 0. The van der Waals surface area contributed by atoms with Gasteiger partial charge in [0.15, 0.2) is 0 Å². The van der Waals surface area contributed by atoms with E-state index in [4.69, 9.17) is 0 Å². The van der Waals surface area contributed by atoms with Gasteiger partial charge < -0.3 is 9.80 Å². The normalized spacial score (nSPS) is 32.0. The van der Waals surface area contributed by atoms with Crippen molar-refractivity contribution in [3.05, 3.63) is 17.5 Å². The molecule has 28 heavy (non-hydrogen) atoms. The van der Waals surface area contributed by atoms with E-state index in [2.05, 4.69) is 35.7 Å². The van der Waals surface area contributed by atoms with Gasteiger partial charge in [0.25, 0.3) is 5.91 Å². The van der Waals surface area contributed by atoms with Crippen molar-refractivity contribution >= 4 is 11.8 Å². The SMILES string of the molecule is CC(=O)N1C[C@@H]2C[C@@]3(C)[C@H](CCCC[C@@H]13)N2C(=O)c1cc(CC(C)C)nn1C. The Labute approximate surface area is 168 Å². The smallest absolute Gasteiger partial charge is 0.272 e. The first kappa shape index (κ1) is 19.5. The maximum absolute atomic E-state index is 13.7. The molecule has 1 aromatic heterocycles. The third kappa shape index (κ3) is 2.96. The van der Waals surface area contributed by atoms with Crippen molar-refractivity contribution in [2.75, 3.05) is 6.54 Å². The Morgan fingerprint density at radius 2 is 1.93 bits per heavy atom. The van der Waals surface area contributed by atoms with Gasteiger partial charge in [-0.15, -0.1) is 0 Å². The lowest BCUT2D eigenvalue weighted by molar-refractivity contribution is -0.136. The molecule has 1 aliphatic carbocycles. The molecule has 4 atom stereocenters. The second-order valence-electron chi connectivity index (χ2n) is 9.81. The van der Waals surface area contributed by atoms with Gasteiger partial charge in [-0.05, 0) is 37.7 Å². The van der Waals surface area contributed by atoms with Crippen molar-refractivity contribution in [3.8, 4) is 0 Å². The second kappa shape index (κ2) is 6.89. The van der Waals surface area contributed by atoms with Crippen LogP contribution in [0.1, 0.15) is 76.0 Å². The van der Waals surface area contributed by atoms with Gasteiger partial charge in [0.1, 0.15) is 5.69 Å². The molecule has 0 aromatic carbocycles. The lowest BCUT2D eigenvalue weighted by Gasteiger charge is -2.46. The van der Waals surface area contributed by atoms with Gasteiger partial charge in [0.2, 0.25) is 5.91 Å². The molecule has 154 valence electrons. The molecule has 1 saturated carbocycles. The van der Waals surface area contributed by atoms with E-state index < -0.39 is 0 Å². The molecule has 1 aromatic rings. The fourth-order valence-corrected chi connectivity index (χ4v) is 6.20.